The standard InChI is InChI=1S/C26H24N6O3/c33-26-31-9-8-30(13-20(31)14-35-26)25-27-11-19(12-28-25)18-6-7-21-22(10-18)32-23(15-34-16-24(32)29-21)17-4-2-1-3-5-17/h1-7,10-12,20,23H,8-9,13-16H2/t20?,23-/m1/s1. The molecule has 2 aromatic carbocycles. The highest BCUT2D eigenvalue weighted by molar-refractivity contribution is 5.83. The molecule has 2 fully saturated rings. The van der Waals surface area contributed by atoms with E-state index in [1.165, 1.54) is 5.56 Å². The Balaban J connectivity index is 1.19. The number of piperazine rings is 1. The fourth-order valence-corrected chi connectivity index (χ4v) is 5.33. The lowest BCUT2D eigenvalue weighted by Crippen LogP contribution is -2.52. The number of ether oxygens (including phenoxy) is 2. The number of rotatable bonds is 3. The lowest BCUT2D eigenvalue weighted by atomic mass is 10.1. The molecular weight excluding hydrogens is 444 g/mol. The average molecular weight is 469 g/mol. The fourth-order valence-electron chi connectivity index (χ4n) is 5.33. The van der Waals surface area contributed by atoms with Crippen molar-refractivity contribution in [3.63, 3.8) is 0 Å². The van der Waals surface area contributed by atoms with Gasteiger partial charge in [-0.15, -0.1) is 0 Å². The van der Waals surface area contributed by atoms with Crippen molar-refractivity contribution in [2.45, 2.75) is 18.7 Å². The molecule has 2 saturated heterocycles. The van der Waals surface area contributed by atoms with Crippen LogP contribution >= 0.6 is 0 Å². The number of nitrogens with zero attached hydrogens (tertiary/aromatic N) is 6. The Kier molecular flexibility index (Phi) is 4.70. The molecule has 2 aromatic heterocycles. The van der Waals surface area contributed by atoms with Crippen molar-refractivity contribution in [3.05, 3.63) is 72.3 Å². The van der Waals surface area contributed by atoms with Crippen molar-refractivity contribution in [2.24, 2.45) is 0 Å². The second-order valence-corrected chi connectivity index (χ2v) is 9.19. The summed E-state index contributed by atoms with van der Waals surface area (Å²) in [7, 11) is 0. The van der Waals surface area contributed by atoms with Gasteiger partial charge in [-0.2, -0.15) is 0 Å². The van der Waals surface area contributed by atoms with Gasteiger partial charge in [0.1, 0.15) is 19.0 Å². The maximum absolute atomic E-state index is 11.8. The summed E-state index contributed by atoms with van der Waals surface area (Å²) in [6.07, 6.45) is 3.53. The zero-order valence-electron chi connectivity index (χ0n) is 19.1. The topological polar surface area (TPSA) is 85.6 Å². The third kappa shape index (κ3) is 3.42. The zero-order valence-corrected chi connectivity index (χ0v) is 19.1. The van der Waals surface area contributed by atoms with Gasteiger partial charge in [0.05, 0.1) is 29.7 Å². The van der Waals surface area contributed by atoms with E-state index >= 15 is 0 Å². The zero-order chi connectivity index (χ0) is 23.4. The Morgan fingerprint density at radius 2 is 1.80 bits per heavy atom. The maximum atomic E-state index is 11.8. The van der Waals surface area contributed by atoms with Crippen LogP contribution in [0.1, 0.15) is 17.4 Å². The van der Waals surface area contributed by atoms with Crippen LogP contribution < -0.4 is 4.90 Å². The van der Waals surface area contributed by atoms with Gasteiger partial charge in [-0.3, -0.25) is 4.90 Å². The Bertz CT molecular complexity index is 1400. The fraction of sp³-hybridized carbons (Fsp3) is 0.308. The van der Waals surface area contributed by atoms with E-state index in [2.05, 4.69) is 61.9 Å². The molecule has 3 aliphatic rings. The summed E-state index contributed by atoms with van der Waals surface area (Å²) in [5.74, 6) is 1.62. The molecule has 0 saturated carbocycles. The number of anilines is 1. The summed E-state index contributed by atoms with van der Waals surface area (Å²) < 4.78 is 13.3. The third-order valence-electron chi connectivity index (χ3n) is 7.14. The Morgan fingerprint density at radius 3 is 2.66 bits per heavy atom. The molecule has 2 atom stereocenters. The molecule has 0 bridgehead atoms. The number of hydrogen-bond donors (Lipinski definition) is 0. The molecule has 0 N–H and O–H groups in total. The highest BCUT2D eigenvalue weighted by atomic mass is 16.6. The molecule has 1 amide bonds. The third-order valence-corrected chi connectivity index (χ3v) is 7.14. The van der Waals surface area contributed by atoms with Crippen LogP contribution in [0.15, 0.2) is 60.9 Å². The van der Waals surface area contributed by atoms with E-state index < -0.39 is 0 Å². The number of carbonyl (C=O) groups is 1. The molecular formula is C26H24N6O3. The van der Waals surface area contributed by atoms with Crippen LogP contribution in [0.3, 0.4) is 0 Å². The maximum Gasteiger partial charge on any atom is 0.410 e. The number of carbonyl (C=O) groups excluding carboxylic acids is 1. The quantitative estimate of drug-likeness (QED) is 0.456. The summed E-state index contributed by atoms with van der Waals surface area (Å²) >= 11 is 0. The van der Waals surface area contributed by atoms with Crippen molar-refractivity contribution in [3.8, 4) is 11.1 Å². The molecule has 0 spiro atoms. The van der Waals surface area contributed by atoms with E-state index in [9.17, 15) is 4.79 Å². The van der Waals surface area contributed by atoms with Gasteiger partial charge in [0.2, 0.25) is 5.95 Å². The van der Waals surface area contributed by atoms with Gasteiger partial charge < -0.3 is 18.9 Å². The molecule has 0 aliphatic carbocycles. The number of imidazole rings is 1. The van der Waals surface area contributed by atoms with E-state index in [-0.39, 0.29) is 18.2 Å². The average Bonchev–Trinajstić information content (AvgIpc) is 3.48. The van der Waals surface area contributed by atoms with Crippen molar-refractivity contribution in [1.82, 2.24) is 24.4 Å². The first-order valence-electron chi connectivity index (χ1n) is 11.9. The Labute approximate surface area is 201 Å². The molecule has 0 radical (unpaired) electrons. The SMILES string of the molecule is O=C1OCC2CN(c3ncc(-c4ccc5nc6n(c5c4)[C@@H](c4ccccc4)COC6)cn3)CCN12. The second kappa shape index (κ2) is 8.06. The van der Waals surface area contributed by atoms with Crippen molar-refractivity contribution >= 4 is 23.1 Å². The van der Waals surface area contributed by atoms with E-state index in [0.717, 1.165) is 28.0 Å². The minimum absolute atomic E-state index is 0.0662. The number of hydrogen-bond acceptors (Lipinski definition) is 7. The minimum Gasteiger partial charge on any atom is -0.447 e. The minimum atomic E-state index is -0.218. The number of cyclic esters (lactones) is 1. The molecule has 9 nitrogen and oxygen atoms in total. The van der Waals surface area contributed by atoms with Crippen LogP contribution in [0.5, 0.6) is 0 Å². The van der Waals surface area contributed by atoms with Gasteiger partial charge in [0.15, 0.2) is 0 Å². The predicted octanol–water partition coefficient (Wildman–Crippen LogP) is 3.25. The summed E-state index contributed by atoms with van der Waals surface area (Å²) in [5, 5.41) is 0. The molecule has 176 valence electrons. The lowest BCUT2D eigenvalue weighted by Gasteiger charge is -2.35. The molecule has 7 rings (SSSR count). The number of aromatic nitrogens is 4. The van der Waals surface area contributed by atoms with Crippen molar-refractivity contribution in [2.75, 3.05) is 37.7 Å². The highest BCUT2D eigenvalue weighted by Crippen LogP contribution is 2.33. The van der Waals surface area contributed by atoms with Crippen LogP contribution in [0.25, 0.3) is 22.2 Å². The number of amides is 1. The van der Waals surface area contributed by atoms with E-state index in [0.29, 0.717) is 45.4 Å². The van der Waals surface area contributed by atoms with Gasteiger partial charge in [-0.05, 0) is 23.3 Å². The van der Waals surface area contributed by atoms with Crippen molar-refractivity contribution < 1.29 is 14.3 Å². The van der Waals surface area contributed by atoms with Crippen LogP contribution in [-0.4, -0.2) is 69.4 Å². The molecule has 1 unspecified atom stereocenters. The Morgan fingerprint density at radius 1 is 0.943 bits per heavy atom. The number of benzene rings is 2. The van der Waals surface area contributed by atoms with Crippen molar-refractivity contribution in [1.29, 1.82) is 0 Å². The van der Waals surface area contributed by atoms with Gasteiger partial charge in [-0.25, -0.2) is 19.7 Å². The summed E-state index contributed by atoms with van der Waals surface area (Å²) in [6.45, 7) is 3.57. The molecule has 35 heavy (non-hydrogen) atoms. The van der Waals surface area contributed by atoms with Gasteiger partial charge in [0.25, 0.3) is 0 Å². The normalized spacial score (nSPS) is 21.7. The predicted molar refractivity (Wildman–Crippen MR) is 129 cm³/mol. The number of fused-ring (bicyclic) bond motifs is 4. The van der Waals surface area contributed by atoms with Crippen LogP contribution in [0.4, 0.5) is 10.7 Å². The monoisotopic (exact) mass is 468 g/mol. The Hall–Kier alpha value is -3.98. The first kappa shape index (κ1) is 20.4. The first-order chi connectivity index (χ1) is 17.2. The van der Waals surface area contributed by atoms with Gasteiger partial charge in [0, 0.05) is 37.6 Å². The summed E-state index contributed by atoms with van der Waals surface area (Å²) in [6, 6.07) is 16.9. The van der Waals surface area contributed by atoms with Gasteiger partial charge in [-0.1, -0.05) is 36.4 Å². The van der Waals surface area contributed by atoms with Crippen LogP contribution in [0, 0.1) is 0 Å². The lowest BCUT2D eigenvalue weighted by molar-refractivity contribution is 0.0679. The smallest absolute Gasteiger partial charge is 0.410 e. The van der Waals surface area contributed by atoms with E-state index in [1.54, 1.807) is 4.90 Å². The van der Waals surface area contributed by atoms with Crippen LogP contribution in [-0.2, 0) is 16.1 Å². The van der Waals surface area contributed by atoms with E-state index in [4.69, 9.17) is 14.5 Å². The molecule has 9 heteroatoms. The first-order valence-corrected chi connectivity index (χ1v) is 11.9. The van der Waals surface area contributed by atoms with E-state index in [1.807, 2.05) is 18.5 Å². The summed E-state index contributed by atoms with van der Waals surface area (Å²) in [5.41, 5.74) is 5.25. The van der Waals surface area contributed by atoms with Crippen LogP contribution in [0.2, 0.25) is 0 Å². The molecule has 4 aromatic rings. The highest BCUT2D eigenvalue weighted by Gasteiger charge is 2.38. The van der Waals surface area contributed by atoms with Gasteiger partial charge >= 0.3 is 6.09 Å². The second-order valence-electron chi connectivity index (χ2n) is 9.19. The summed E-state index contributed by atoms with van der Waals surface area (Å²) in [4.78, 5) is 29.8. The molecule has 5 heterocycles. The largest absolute Gasteiger partial charge is 0.447 e. The molecule has 3 aliphatic heterocycles.